The largest absolute Gasteiger partial charge is 0.319 e. The molecule has 82 valence electrons. The van der Waals surface area contributed by atoms with Crippen molar-refractivity contribution in [3.63, 3.8) is 0 Å². The van der Waals surface area contributed by atoms with Gasteiger partial charge in [-0.05, 0) is 37.6 Å². The van der Waals surface area contributed by atoms with Gasteiger partial charge in [0.05, 0.1) is 11.7 Å². The van der Waals surface area contributed by atoms with Crippen LogP contribution in [0.5, 0.6) is 0 Å². The monoisotopic (exact) mass is 213 g/mol. The van der Waals surface area contributed by atoms with Crippen LogP contribution in [0.2, 0.25) is 0 Å². The van der Waals surface area contributed by atoms with Crippen LogP contribution in [0.15, 0.2) is 36.5 Å². The van der Waals surface area contributed by atoms with Gasteiger partial charge in [0.1, 0.15) is 0 Å². The van der Waals surface area contributed by atoms with E-state index in [1.807, 2.05) is 50.4 Å². The summed E-state index contributed by atoms with van der Waals surface area (Å²) in [5.41, 5.74) is 9.98. The molecule has 2 aromatic rings. The summed E-state index contributed by atoms with van der Waals surface area (Å²) in [5.74, 6) is 0. The second kappa shape index (κ2) is 4.41. The van der Waals surface area contributed by atoms with Crippen LogP contribution in [0.3, 0.4) is 0 Å². The molecule has 2 heterocycles. The van der Waals surface area contributed by atoms with Crippen LogP contribution < -0.4 is 5.73 Å². The molecule has 0 aliphatic heterocycles. The topological polar surface area (TPSA) is 51.8 Å². The summed E-state index contributed by atoms with van der Waals surface area (Å²) in [6, 6.07) is 9.63. The molecule has 0 aliphatic rings. The minimum atomic E-state index is -0.201. The molecule has 2 N–H and O–H groups in total. The highest BCUT2D eigenvalue weighted by molar-refractivity contribution is 5.26. The fourth-order valence-corrected chi connectivity index (χ4v) is 1.57. The average molecular weight is 213 g/mol. The Morgan fingerprint density at radius 2 is 1.88 bits per heavy atom. The van der Waals surface area contributed by atoms with Crippen LogP contribution in [0.4, 0.5) is 0 Å². The molecule has 0 spiro atoms. The second-order valence-electron chi connectivity index (χ2n) is 3.91. The van der Waals surface area contributed by atoms with Crippen molar-refractivity contribution in [3.8, 4) is 0 Å². The smallest absolute Gasteiger partial charge is 0.0741 e. The molecule has 3 nitrogen and oxygen atoms in total. The van der Waals surface area contributed by atoms with E-state index in [-0.39, 0.29) is 6.04 Å². The molecule has 0 saturated carbocycles. The van der Waals surface area contributed by atoms with Gasteiger partial charge in [0.25, 0.3) is 0 Å². The lowest BCUT2D eigenvalue weighted by Crippen LogP contribution is -2.14. The SMILES string of the molecule is Cc1ccc(C(N)c2cccc(C)n2)cn1. The lowest BCUT2D eigenvalue weighted by atomic mass is 10.1. The van der Waals surface area contributed by atoms with Crippen LogP contribution in [-0.4, -0.2) is 9.97 Å². The lowest BCUT2D eigenvalue weighted by Gasteiger charge is -2.11. The lowest BCUT2D eigenvalue weighted by molar-refractivity contribution is 0.814. The number of aromatic nitrogens is 2. The molecule has 16 heavy (non-hydrogen) atoms. The van der Waals surface area contributed by atoms with Gasteiger partial charge in [-0.2, -0.15) is 0 Å². The molecule has 3 heteroatoms. The maximum atomic E-state index is 6.13. The van der Waals surface area contributed by atoms with Crippen molar-refractivity contribution < 1.29 is 0 Å². The van der Waals surface area contributed by atoms with Crippen molar-refractivity contribution >= 4 is 0 Å². The predicted octanol–water partition coefficient (Wildman–Crippen LogP) is 2.14. The molecule has 0 radical (unpaired) electrons. The molecule has 2 rings (SSSR count). The minimum Gasteiger partial charge on any atom is -0.319 e. The van der Waals surface area contributed by atoms with E-state index in [4.69, 9.17) is 5.73 Å². The number of nitrogens with two attached hydrogens (primary N) is 1. The third-order valence-electron chi connectivity index (χ3n) is 2.52. The summed E-state index contributed by atoms with van der Waals surface area (Å²) in [4.78, 5) is 8.66. The van der Waals surface area contributed by atoms with Gasteiger partial charge >= 0.3 is 0 Å². The second-order valence-corrected chi connectivity index (χ2v) is 3.91. The molecule has 0 aromatic carbocycles. The van der Waals surface area contributed by atoms with E-state index in [1.165, 1.54) is 0 Å². The Hall–Kier alpha value is -1.74. The molecule has 0 bridgehead atoms. The third-order valence-corrected chi connectivity index (χ3v) is 2.52. The fraction of sp³-hybridized carbons (Fsp3) is 0.231. The Balaban J connectivity index is 2.31. The Bertz CT molecular complexity index is 477. The van der Waals surface area contributed by atoms with Crippen molar-refractivity contribution in [1.29, 1.82) is 0 Å². The number of hydrogen-bond donors (Lipinski definition) is 1. The standard InChI is InChI=1S/C13H15N3/c1-9-6-7-11(8-15-9)13(14)12-5-3-4-10(2)16-12/h3-8,13H,14H2,1-2H3. The maximum absolute atomic E-state index is 6.13. The third kappa shape index (κ3) is 2.25. The zero-order chi connectivity index (χ0) is 11.5. The molecule has 0 aliphatic carbocycles. The van der Waals surface area contributed by atoms with Gasteiger partial charge in [-0.1, -0.05) is 12.1 Å². The highest BCUT2D eigenvalue weighted by atomic mass is 14.8. The van der Waals surface area contributed by atoms with Gasteiger partial charge in [0, 0.05) is 17.6 Å². The van der Waals surface area contributed by atoms with Crippen LogP contribution in [0.1, 0.15) is 28.7 Å². The van der Waals surface area contributed by atoms with Crippen molar-refractivity contribution in [1.82, 2.24) is 9.97 Å². The van der Waals surface area contributed by atoms with Crippen LogP contribution in [0, 0.1) is 13.8 Å². The van der Waals surface area contributed by atoms with Gasteiger partial charge in [0.15, 0.2) is 0 Å². The van der Waals surface area contributed by atoms with E-state index in [2.05, 4.69) is 9.97 Å². The van der Waals surface area contributed by atoms with Gasteiger partial charge in [-0.3, -0.25) is 9.97 Å². The van der Waals surface area contributed by atoms with Crippen LogP contribution in [-0.2, 0) is 0 Å². The van der Waals surface area contributed by atoms with E-state index in [9.17, 15) is 0 Å². The first kappa shape index (κ1) is 10.8. The summed E-state index contributed by atoms with van der Waals surface area (Å²) in [5, 5.41) is 0. The molecule has 0 saturated heterocycles. The van der Waals surface area contributed by atoms with Gasteiger partial charge in [-0.25, -0.2) is 0 Å². The van der Waals surface area contributed by atoms with Crippen molar-refractivity contribution in [2.24, 2.45) is 5.73 Å². The fourth-order valence-electron chi connectivity index (χ4n) is 1.57. The Morgan fingerprint density at radius 3 is 2.50 bits per heavy atom. The summed E-state index contributed by atoms with van der Waals surface area (Å²) >= 11 is 0. The summed E-state index contributed by atoms with van der Waals surface area (Å²) in [7, 11) is 0. The summed E-state index contributed by atoms with van der Waals surface area (Å²) < 4.78 is 0. The first-order chi connectivity index (χ1) is 7.66. The highest BCUT2D eigenvalue weighted by Gasteiger charge is 2.10. The van der Waals surface area contributed by atoms with Gasteiger partial charge < -0.3 is 5.73 Å². The number of nitrogens with zero attached hydrogens (tertiary/aromatic N) is 2. The van der Waals surface area contributed by atoms with E-state index in [0.29, 0.717) is 0 Å². The van der Waals surface area contributed by atoms with Crippen molar-refractivity contribution in [2.45, 2.75) is 19.9 Å². The molecule has 2 aromatic heterocycles. The Labute approximate surface area is 95.4 Å². The summed E-state index contributed by atoms with van der Waals surface area (Å²) in [6.45, 7) is 3.92. The van der Waals surface area contributed by atoms with Gasteiger partial charge in [-0.15, -0.1) is 0 Å². The highest BCUT2D eigenvalue weighted by Crippen LogP contribution is 2.17. The van der Waals surface area contributed by atoms with E-state index in [0.717, 1.165) is 22.6 Å². The molecule has 1 unspecified atom stereocenters. The number of hydrogen-bond acceptors (Lipinski definition) is 3. The molecule has 0 amide bonds. The molecular formula is C13H15N3. The average Bonchev–Trinajstić information content (AvgIpc) is 2.29. The van der Waals surface area contributed by atoms with Gasteiger partial charge in [0.2, 0.25) is 0 Å². The quantitative estimate of drug-likeness (QED) is 0.831. The van der Waals surface area contributed by atoms with Crippen molar-refractivity contribution in [3.05, 3.63) is 59.2 Å². The van der Waals surface area contributed by atoms with Crippen LogP contribution in [0.25, 0.3) is 0 Å². The Morgan fingerprint density at radius 1 is 1.06 bits per heavy atom. The Kier molecular flexibility index (Phi) is 2.97. The molecule has 0 fully saturated rings. The number of rotatable bonds is 2. The normalized spacial score (nSPS) is 12.4. The van der Waals surface area contributed by atoms with Crippen LogP contribution >= 0.6 is 0 Å². The zero-order valence-electron chi connectivity index (χ0n) is 9.51. The zero-order valence-corrected chi connectivity index (χ0v) is 9.51. The van der Waals surface area contributed by atoms with E-state index >= 15 is 0 Å². The first-order valence-electron chi connectivity index (χ1n) is 5.28. The minimum absolute atomic E-state index is 0.201. The van der Waals surface area contributed by atoms with Crippen molar-refractivity contribution in [2.75, 3.05) is 0 Å². The number of pyridine rings is 2. The maximum Gasteiger partial charge on any atom is 0.0741 e. The molecule has 1 atom stereocenters. The molecular weight excluding hydrogens is 198 g/mol. The van der Waals surface area contributed by atoms with E-state index in [1.54, 1.807) is 0 Å². The first-order valence-corrected chi connectivity index (χ1v) is 5.28. The van der Waals surface area contributed by atoms with E-state index < -0.39 is 0 Å². The number of aryl methyl sites for hydroxylation is 2. The summed E-state index contributed by atoms with van der Waals surface area (Å²) in [6.07, 6.45) is 1.81. The predicted molar refractivity (Wildman–Crippen MR) is 64.0 cm³/mol.